The lowest BCUT2D eigenvalue weighted by atomic mass is 10.1. The number of ether oxygens (including phenoxy) is 1. The van der Waals surface area contributed by atoms with E-state index in [-0.39, 0.29) is 12.4 Å². The second-order valence-electron chi connectivity index (χ2n) is 4.51. The highest BCUT2D eigenvalue weighted by Gasteiger charge is 2.05. The minimum atomic E-state index is -1.24. The van der Waals surface area contributed by atoms with Gasteiger partial charge in [-0.2, -0.15) is 0 Å². The smallest absolute Gasteiger partial charge is 0.331 e. The zero-order valence-electron chi connectivity index (χ0n) is 11.7. The van der Waals surface area contributed by atoms with E-state index < -0.39 is 11.9 Å². The highest BCUT2D eigenvalue weighted by molar-refractivity contribution is 5.92. The van der Waals surface area contributed by atoms with Crippen molar-refractivity contribution < 1.29 is 24.2 Å². The van der Waals surface area contributed by atoms with Gasteiger partial charge in [0.15, 0.2) is 5.78 Å². The molecule has 0 fully saturated rings. The van der Waals surface area contributed by atoms with Crippen molar-refractivity contribution in [3.05, 3.63) is 48.0 Å². The maximum absolute atomic E-state index is 11.5. The highest BCUT2D eigenvalue weighted by atomic mass is 16.5. The molecule has 0 atom stereocenters. The van der Waals surface area contributed by atoms with E-state index in [0.717, 1.165) is 25.3 Å². The number of esters is 1. The molecule has 5 nitrogen and oxygen atoms in total. The van der Waals surface area contributed by atoms with Gasteiger partial charge in [-0.1, -0.05) is 30.3 Å². The minimum Gasteiger partial charge on any atom is -0.478 e. The van der Waals surface area contributed by atoms with E-state index in [1.54, 1.807) is 0 Å². The maximum atomic E-state index is 11.5. The molecule has 0 aromatic heterocycles. The van der Waals surface area contributed by atoms with Crippen LogP contribution in [0, 0.1) is 0 Å². The van der Waals surface area contributed by atoms with Gasteiger partial charge in [-0.05, 0) is 24.8 Å². The number of rotatable bonds is 9. The lowest BCUT2D eigenvalue weighted by Crippen LogP contribution is -2.12. The van der Waals surface area contributed by atoms with E-state index in [1.165, 1.54) is 5.56 Å². The van der Waals surface area contributed by atoms with Gasteiger partial charge < -0.3 is 9.84 Å². The number of unbranched alkanes of at least 4 members (excludes halogenated alkanes) is 1. The summed E-state index contributed by atoms with van der Waals surface area (Å²) < 4.78 is 4.63. The Kier molecular flexibility index (Phi) is 7.50. The SMILES string of the molecule is O=C(O)/C=C/C(=O)OCC(=O)CCCCc1ccccc1. The third-order valence-corrected chi connectivity index (χ3v) is 2.75. The number of ketones is 1. The first-order valence-corrected chi connectivity index (χ1v) is 6.71. The normalized spacial score (nSPS) is 10.5. The van der Waals surface area contributed by atoms with Gasteiger partial charge in [0, 0.05) is 18.6 Å². The first kappa shape index (κ1) is 16.6. The van der Waals surface area contributed by atoms with Crippen molar-refractivity contribution in [2.75, 3.05) is 6.61 Å². The summed E-state index contributed by atoms with van der Waals surface area (Å²) in [7, 11) is 0. The molecule has 0 saturated heterocycles. The molecular formula is C16H18O5. The molecule has 0 aliphatic carbocycles. The number of Topliss-reactive ketones (excluding diaryl/α,β-unsaturated/α-hetero) is 1. The first-order valence-electron chi connectivity index (χ1n) is 6.71. The Balaban J connectivity index is 2.11. The Hall–Kier alpha value is -2.43. The Morgan fingerprint density at radius 1 is 1.05 bits per heavy atom. The van der Waals surface area contributed by atoms with Gasteiger partial charge in [0.05, 0.1) is 0 Å². The maximum Gasteiger partial charge on any atom is 0.331 e. The molecule has 0 aliphatic rings. The van der Waals surface area contributed by atoms with Crippen LogP contribution < -0.4 is 0 Å². The largest absolute Gasteiger partial charge is 0.478 e. The van der Waals surface area contributed by atoms with Crippen LogP contribution in [0.25, 0.3) is 0 Å². The Labute approximate surface area is 123 Å². The summed E-state index contributed by atoms with van der Waals surface area (Å²) in [5.41, 5.74) is 1.23. The van der Waals surface area contributed by atoms with E-state index in [1.807, 2.05) is 30.3 Å². The van der Waals surface area contributed by atoms with Gasteiger partial charge in [-0.25, -0.2) is 9.59 Å². The standard InChI is InChI=1S/C16H18O5/c17-14(12-21-16(20)11-10-15(18)19)9-5-4-8-13-6-2-1-3-7-13/h1-3,6-7,10-11H,4-5,8-9,12H2,(H,18,19)/b11-10+. The average Bonchev–Trinajstić information content (AvgIpc) is 2.48. The second-order valence-corrected chi connectivity index (χ2v) is 4.51. The Morgan fingerprint density at radius 3 is 2.43 bits per heavy atom. The number of hydrogen-bond acceptors (Lipinski definition) is 4. The first-order chi connectivity index (χ1) is 10.1. The zero-order chi connectivity index (χ0) is 15.5. The van der Waals surface area contributed by atoms with Crippen molar-refractivity contribution in [1.82, 2.24) is 0 Å². The van der Waals surface area contributed by atoms with Gasteiger partial charge in [0.25, 0.3) is 0 Å². The number of carboxylic acids is 1. The van der Waals surface area contributed by atoms with Crippen molar-refractivity contribution in [3.63, 3.8) is 0 Å². The van der Waals surface area contributed by atoms with Crippen LogP contribution in [0.15, 0.2) is 42.5 Å². The van der Waals surface area contributed by atoms with Crippen LogP contribution in [0.2, 0.25) is 0 Å². The fourth-order valence-corrected chi connectivity index (χ4v) is 1.71. The predicted octanol–water partition coefficient (Wildman–Crippen LogP) is 2.15. The van der Waals surface area contributed by atoms with Crippen LogP contribution in [0.5, 0.6) is 0 Å². The van der Waals surface area contributed by atoms with Crippen LogP contribution in [0.1, 0.15) is 24.8 Å². The number of carboxylic acid groups (broad SMARTS) is 1. The lowest BCUT2D eigenvalue weighted by molar-refractivity contribution is -0.143. The molecule has 0 heterocycles. The topological polar surface area (TPSA) is 80.7 Å². The van der Waals surface area contributed by atoms with Crippen molar-refractivity contribution in [1.29, 1.82) is 0 Å². The molecule has 0 amide bonds. The van der Waals surface area contributed by atoms with E-state index in [9.17, 15) is 14.4 Å². The van der Waals surface area contributed by atoms with Gasteiger partial charge >= 0.3 is 11.9 Å². The minimum absolute atomic E-state index is 0.167. The summed E-state index contributed by atoms with van der Waals surface area (Å²) in [5.74, 6) is -2.23. The molecule has 0 bridgehead atoms. The summed E-state index contributed by atoms with van der Waals surface area (Å²) in [5, 5.41) is 8.32. The Bertz CT molecular complexity index is 505. The number of aliphatic carboxylic acids is 1. The molecule has 1 aromatic rings. The molecular weight excluding hydrogens is 272 g/mol. The molecule has 21 heavy (non-hydrogen) atoms. The summed E-state index contributed by atoms with van der Waals surface area (Å²) in [6.45, 7) is -0.311. The van der Waals surface area contributed by atoms with Crippen molar-refractivity contribution in [2.45, 2.75) is 25.7 Å². The zero-order valence-corrected chi connectivity index (χ0v) is 11.7. The molecule has 1 N–H and O–H groups in total. The van der Waals surface area contributed by atoms with Crippen LogP contribution in [-0.4, -0.2) is 29.4 Å². The van der Waals surface area contributed by atoms with E-state index >= 15 is 0 Å². The summed E-state index contributed by atoms with van der Waals surface area (Å²) >= 11 is 0. The average molecular weight is 290 g/mol. The molecule has 0 radical (unpaired) electrons. The molecule has 0 spiro atoms. The number of hydrogen-bond donors (Lipinski definition) is 1. The third kappa shape index (κ3) is 8.36. The molecule has 0 saturated carbocycles. The molecule has 0 unspecified atom stereocenters. The van der Waals surface area contributed by atoms with Crippen LogP contribution >= 0.6 is 0 Å². The molecule has 1 aromatic carbocycles. The van der Waals surface area contributed by atoms with Gasteiger partial charge in [-0.3, -0.25) is 4.79 Å². The summed E-state index contributed by atoms with van der Waals surface area (Å²) in [6.07, 6.45) is 4.34. The number of aryl methyl sites for hydroxylation is 1. The number of carbonyl (C=O) groups is 3. The molecule has 112 valence electrons. The molecule has 5 heteroatoms. The highest BCUT2D eigenvalue weighted by Crippen LogP contribution is 2.06. The molecule has 0 aliphatic heterocycles. The second kappa shape index (κ2) is 9.47. The number of benzene rings is 1. The molecule has 1 rings (SSSR count). The van der Waals surface area contributed by atoms with Crippen LogP contribution in [-0.2, 0) is 25.5 Å². The van der Waals surface area contributed by atoms with E-state index in [2.05, 4.69) is 4.74 Å². The lowest BCUT2D eigenvalue weighted by Gasteiger charge is -2.02. The quantitative estimate of drug-likeness (QED) is 0.428. The predicted molar refractivity (Wildman–Crippen MR) is 76.7 cm³/mol. The summed E-state index contributed by atoms with van der Waals surface area (Å²) in [4.78, 5) is 32.7. The monoisotopic (exact) mass is 290 g/mol. The fourth-order valence-electron chi connectivity index (χ4n) is 1.71. The van der Waals surface area contributed by atoms with E-state index in [0.29, 0.717) is 12.5 Å². The van der Waals surface area contributed by atoms with Gasteiger partial charge in [0.2, 0.25) is 0 Å². The van der Waals surface area contributed by atoms with Crippen LogP contribution in [0.3, 0.4) is 0 Å². The summed E-state index contributed by atoms with van der Waals surface area (Å²) in [6, 6.07) is 9.99. The van der Waals surface area contributed by atoms with Gasteiger partial charge in [-0.15, -0.1) is 0 Å². The van der Waals surface area contributed by atoms with E-state index in [4.69, 9.17) is 5.11 Å². The van der Waals surface area contributed by atoms with Crippen molar-refractivity contribution >= 4 is 17.7 Å². The number of carbonyl (C=O) groups excluding carboxylic acids is 2. The third-order valence-electron chi connectivity index (χ3n) is 2.75. The van der Waals surface area contributed by atoms with Crippen molar-refractivity contribution in [2.24, 2.45) is 0 Å². The van der Waals surface area contributed by atoms with Crippen LogP contribution in [0.4, 0.5) is 0 Å². The van der Waals surface area contributed by atoms with Crippen molar-refractivity contribution in [3.8, 4) is 0 Å². The fraction of sp³-hybridized carbons (Fsp3) is 0.312. The Morgan fingerprint density at radius 2 is 1.76 bits per heavy atom. The van der Waals surface area contributed by atoms with Gasteiger partial charge in [0.1, 0.15) is 6.61 Å².